The van der Waals surface area contributed by atoms with Crippen LogP contribution in [0.2, 0.25) is 5.02 Å². The van der Waals surface area contributed by atoms with Crippen LogP contribution in [0.3, 0.4) is 0 Å². The van der Waals surface area contributed by atoms with Gasteiger partial charge in [-0.2, -0.15) is 0 Å². The minimum atomic E-state index is -0.311. The third-order valence-corrected chi connectivity index (χ3v) is 5.68. The number of benzene rings is 2. The SMILES string of the molecule is Cc1ncc(Cl)c(C(=O)N2CCN(C(c3ccc(F)cc3)c3ccc(F)cc3)CC2)n1. The molecule has 1 aliphatic heterocycles. The molecule has 5 nitrogen and oxygen atoms in total. The van der Waals surface area contributed by atoms with E-state index in [-0.39, 0.29) is 34.3 Å². The molecule has 160 valence electrons. The number of carbonyl (C=O) groups excluding carboxylic acids is 1. The van der Waals surface area contributed by atoms with E-state index < -0.39 is 0 Å². The van der Waals surface area contributed by atoms with E-state index in [0.29, 0.717) is 32.0 Å². The molecule has 0 unspecified atom stereocenters. The van der Waals surface area contributed by atoms with Crippen molar-refractivity contribution in [2.75, 3.05) is 26.2 Å². The minimum absolute atomic E-state index is 0.177. The Kier molecular flexibility index (Phi) is 6.25. The Morgan fingerprint density at radius 3 is 1.97 bits per heavy atom. The average molecular weight is 443 g/mol. The van der Waals surface area contributed by atoms with E-state index in [1.165, 1.54) is 30.5 Å². The highest BCUT2D eigenvalue weighted by atomic mass is 35.5. The molecule has 3 aromatic rings. The van der Waals surface area contributed by atoms with Crippen molar-refractivity contribution in [1.29, 1.82) is 0 Å². The van der Waals surface area contributed by atoms with Gasteiger partial charge in [-0.05, 0) is 42.3 Å². The average Bonchev–Trinajstić information content (AvgIpc) is 2.78. The van der Waals surface area contributed by atoms with Gasteiger partial charge in [-0.1, -0.05) is 35.9 Å². The first-order valence-corrected chi connectivity index (χ1v) is 10.3. The summed E-state index contributed by atoms with van der Waals surface area (Å²) in [6, 6.07) is 12.5. The Hall–Kier alpha value is -2.90. The molecule has 0 saturated carbocycles. The molecule has 0 aliphatic carbocycles. The Morgan fingerprint density at radius 2 is 1.45 bits per heavy atom. The van der Waals surface area contributed by atoms with Gasteiger partial charge in [0, 0.05) is 26.2 Å². The van der Waals surface area contributed by atoms with Crippen LogP contribution in [0.5, 0.6) is 0 Å². The standard InChI is InChI=1S/C23H21ClF2N4O/c1-15-27-14-20(24)21(28-15)23(31)30-12-10-29(11-13-30)22(16-2-6-18(25)7-3-16)17-4-8-19(26)9-5-17/h2-9,14,22H,10-13H2,1H3. The molecule has 1 aromatic heterocycles. The molecule has 0 radical (unpaired) electrons. The topological polar surface area (TPSA) is 49.3 Å². The molecule has 2 heterocycles. The summed E-state index contributed by atoms with van der Waals surface area (Å²) in [5.74, 6) is -0.363. The summed E-state index contributed by atoms with van der Waals surface area (Å²) in [6.45, 7) is 3.86. The smallest absolute Gasteiger partial charge is 0.274 e. The normalized spacial score (nSPS) is 14.8. The van der Waals surface area contributed by atoms with Crippen LogP contribution in [0.1, 0.15) is 33.5 Å². The summed E-state index contributed by atoms with van der Waals surface area (Å²) in [6.07, 6.45) is 1.44. The number of aromatic nitrogens is 2. The predicted octanol–water partition coefficient (Wildman–Crippen LogP) is 4.26. The molecule has 1 saturated heterocycles. The molecule has 1 fully saturated rings. The lowest BCUT2D eigenvalue weighted by molar-refractivity contribution is 0.0591. The largest absolute Gasteiger partial charge is 0.335 e. The van der Waals surface area contributed by atoms with Gasteiger partial charge < -0.3 is 4.90 Å². The fourth-order valence-electron chi connectivity index (χ4n) is 3.84. The monoisotopic (exact) mass is 442 g/mol. The van der Waals surface area contributed by atoms with Crippen molar-refractivity contribution < 1.29 is 13.6 Å². The number of aryl methyl sites for hydroxylation is 1. The summed E-state index contributed by atoms with van der Waals surface area (Å²) in [5.41, 5.74) is 2.01. The zero-order valence-electron chi connectivity index (χ0n) is 16.9. The van der Waals surface area contributed by atoms with Gasteiger partial charge in [0.2, 0.25) is 0 Å². The maximum absolute atomic E-state index is 13.5. The van der Waals surface area contributed by atoms with Crippen LogP contribution < -0.4 is 0 Å². The number of rotatable bonds is 4. The second-order valence-electron chi connectivity index (χ2n) is 7.45. The molecular formula is C23H21ClF2N4O. The van der Waals surface area contributed by atoms with Gasteiger partial charge >= 0.3 is 0 Å². The van der Waals surface area contributed by atoms with E-state index in [1.54, 1.807) is 36.1 Å². The molecule has 0 atom stereocenters. The zero-order valence-corrected chi connectivity index (χ0v) is 17.7. The Bertz CT molecular complexity index is 1020. The zero-order chi connectivity index (χ0) is 22.0. The van der Waals surface area contributed by atoms with Crippen LogP contribution in [0.4, 0.5) is 8.78 Å². The minimum Gasteiger partial charge on any atom is -0.335 e. The molecule has 4 rings (SSSR count). The summed E-state index contributed by atoms with van der Waals surface area (Å²) < 4.78 is 27.0. The first kappa shape index (κ1) is 21.3. The van der Waals surface area contributed by atoms with Gasteiger partial charge in [0.15, 0.2) is 5.69 Å². The molecule has 1 aliphatic rings. The van der Waals surface area contributed by atoms with Crippen molar-refractivity contribution in [2.24, 2.45) is 0 Å². The maximum Gasteiger partial charge on any atom is 0.274 e. The van der Waals surface area contributed by atoms with Gasteiger partial charge in [0.25, 0.3) is 5.91 Å². The van der Waals surface area contributed by atoms with Crippen molar-refractivity contribution in [1.82, 2.24) is 19.8 Å². The predicted molar refractivity (Wildman–Crippen MR) is 114 cm³/mol. The molecule has 0 N–H and O–H groups in total. The number of amides is 1. The lowest BCUT2D eigenvalue weighted by atomic mass is 9.96. The van der Waals surface area contributed by atoms with E-state index in [4.69, 9.17) is 11.6 Å². The van der Waals surface area contributed by atoms with E-state index in [1.807, 2.05) is 0 Å². The molecule has 1 amide bonds. The van der Waals surface area contributed by atoms with Crippen molar-refractivity contribution >= 4 is 17.5 Å². The molecule has 31 heavy (non-hydrogen) atoms. The number of hydrogen-bond donors (Lipinski definition) is 0. The van der Waals surface area contributed by atoms with Crippen molar-refractivity contribution in [3.05, 3.63) is 94.0 Å². The summed E-state index contributed by atoms with van der Waals surface area (Å²) >= 11 is 6.13. The highest BCUT2D eigenvalue weighted by Gasteiger charge is 2.30. The molecule has 2 aromatic carbocycles. The number of hydrogen-bond acceptors (Lipinski definition) is 4. The molecular weight excluding hydrogens is 422 g/mol. The van der Waals surface area contributed by atoms with Crippen LogP contribution >= 0.6 is 11.6 Å². The molecule has 8 heteroatoms. The Balaban J connectivity index is 1.55. The number of carbonyl (C=O) groups is 1. The summed E-state index contributed by atoms with van der Waals surface area (Å²) in [5, 5.41) is 0.230. The fraction of sp³-hybridized carbons (Fsp3) is 0.261. The van der Waals surface area contributed by atoms with Crippen molar-refractivity contribution in [3.63, 3.8) is 0 Å². The lowest BCUT2D eigenvalue weighted by Crippen LogP contribution is -2.50. The van der Waals surface area contributed by atoms with E-state index in [0.717, 1.165) is 11.1 Å². The fourth-order valence-corrected chi connectivity index (χ4v) is 4.01. The van der Waals surface area contributed by atoms with Gasteiger partial charge in [-0.25, -0.2) is 18.7 Å². The van der Waals surface area contributed by atoms with E-state index >= 15 is 0 Å². The lowest BCUT2D eigenvalue weighted by Gasteiger charge is -2.39. The Labute approximate surface area is 184 Å². The summed E-state index contributed by atoms with van der Waals surface area (Å²) in [4.78, 5) is 25.0. The van der Waals surface area contributed by atoms with Gasteiger partial charge in [-0.3, -0.25) is 9.69 Å². The number of piperazine rings is 1. The quantitative estimate of drug-likeness (QED) is 0.605. The summed E-state index contributed by atoms with van der Waals surface area (Å²) in [7, 11) is 0. The van der Waals surface area contributed by atoms with Crippen molar-refractivity contribution in [2.45, 2.75) is 13.0 Å². The maximum atomic E-state index is 13.5. The van der Waals surface area contributed by atoms with Crippen LogP contribution in [0.15, 0.2) is 54.7 Å². The number of halogens is 3. The Morgan fingerprint density at radius 1 is 0.935 bits per heavy atom. The van der Waals surface area contributed by atoms with Crippen LogP contribution in [-0.4, -0.2) is 51.9 Å². The first-order chi connectivity index (χ1) is 14.9. The second-order valence-corrected chi connectivity index (χ2v) is 7.85. The second kappa shape index (κ2) is 9.08. The molecule has 0 spiro atoms. The van der Waals surface area contributed by atoms with Gasteiger partial charge in [-0.15, -0.1) is 0 Å². The molecule has 0 bridgehead atoms. The third-order valence-electron chi connectivity index (χ3n) is 5.41. The van der Waals surface area contributed by atoms with Crippen LogP contribution in [-0.2, 0) is 0 Å². The third kappa shape index (κ3) is 4.73. The van der Waals surface area contributed by atoms with E-state index in [2.05, 4.69) is 14.9 Å². The van der Waals surface area contributed by atoms with Crippen molar-refractivity contribution in [3.8, 4) is 0 Å². The van der Waals surface area contributed by atoms with Gasteiger partial charge in [0.05, 0.1) is 17.3 Å². The van der Waals surface area contributed by atoms with Crippen LogP contribution in [0.25, 0.3) is 0 Å². The number of nitrogens with zero attached hydrogens (tertiary/aromatic N) is 4. The van der Waals surface area contributed by atoms with E-state index in [9.17, 15) is 13.6 Å². The highest BCUT2D eigenvalue weighted by molar-refractivity contribution is 6.33. The highest BCUT2D eigenvalue weighted by Crippen LogP contribution is 2.30. The van der Waals surface area contributed by atoms with Gasteiger partial charge in [0.1, 0.15) is 17.5 Å². The van der Waals surface area contributed by atoms with Crippen LogP contribution in [0, 0.1) is 18.6 Å². The first-order valence-electron chi connectivity index (χ1n) is 9.96.